The molecule has 1 aromatic heterocycles. The van der Waals surface area contributed by atoms with Gasteiger partial charge in [-0.3, -0.25) is 0 Å². The van der Waals surface area contributed by atoms with Crippen LogP contribution in [0.15, 0.2) is 6.07 Å². The molecule has 0 saturated carbocycles. The van der Waals surface area contributed by atoms with Gasteiger partial charge < -0.3 is 11.1 Å². The smallest absolute Gasteiger partial charge is 0.154 e. The van der Waals surface area contributed by atoms with Gasteiger partial charge in [0, 0.05) is 12.6 Å². The third-order valence-corrected chi connectivity index (χ3v) is 2.35. The molecule has 14 heavy (non-hydrogen) atoms. The molecule has 0 saturated heterocycles. The molecule has 1 rings (SSSR count). The van der Waals surface area contributed by atoms with Crippen molar-refractivity contribution >= 4 is 28.9 Å². The second kappa shape index (κ2) is 4.82. The van der Waals surface area contributed by atoms with Crippen molar-refractivity contribution in [2.45, 2.75) is 19.9 Å². The fourth-order valence-corrected chi connectivity index (χ4v) is 1.66. The summed E-state index contributed by atoms with van der Waals surface area (Å²) in [7, 11) is 0. The van der Waals surface area contributed by atoms with E-state index in [0.29, 0.717) is 16.9 Å². The maximum atomic E-state index is 5.94. The molecular formula is C9H13Cl2N3. The first-order valence-corrected chi connectivity index (χ1v) is 5.09. The predicted molar refractivity (Wildman–Crippen MR) is 61.1 cm³/mol. The van der Waals surface area contributed by atoms with Crippen molar-refractivity contribution in [2.75, 3.05) is 11.9 Å². The summed E-state index contributed by atoms with van der Waals surface area (Å²) in [6, 6.07) is 1.92. The molecule has 1 aromatic rings. The highest BCUT2D eigenvalue weighted by Crippen LogP contribution is 2.26. The van der Waals surface area contributed by atoms with Crippen molar-refractivity contribution in [1.29, 1.82) is 0 Å². The first kappa shape index (κ1) is 11.6. The molecule has 0 aliphatic heterocycles. The third-order valence-electron chi connectivity index (χ3n) is 1.89. The van der Waals surface area contributed by atoms with Gasteiger partial charge in [0.1, 0.15) is 5.15 Å². The van der Waals surface area contributed by atoms with Gasteiger partial charge in [0.15, 0.2) is 5.15 Å². The predicted octanol–water partition coefficient (Wildman–Crippen LogP) is 2.46. The standard InChI is InChI=1S/C9H13Cl2N3/c1-5-3-7(10)14-9(11)8(5)13-6(2)4-12/h3,6,13H,4,12H2,1-2H3. The lowest BCUT2D eigenvalue weighted by molar-refractivity contribution is 0.802. The SMILES string of the molecule is Cc1cc(Cl)nc(Cl)c1NC(C)CN. The molecule has 1 heterocycles. The fourth-order valence-electron chi connectivity index (χ4n) is 1.07. The van der Waals surface area contributed by atoms with E-state index in [0.717, 1.165) is 11.3 Å². The van der Waals surface area contributed by atoms with E-state index in [4.69, 9.17) is 28.9 Å². The molecule has 1 atom stereocenters. The Morgan fingerprint density at radius 3 is 2.71 bits per heavy atom. The lowest BCUT2D eigenvalue weighted by Crippen LogP contribution is -2.25. The van der Waals surface area contributed by atoms with E-state index in [1.165, 1.54) is 0 Å². The van der Waals surface area contributed by atoms with E-state index in [2.05, 4.69) is 10.3 Å². The van der Waals surface area contributed by atoms with Crippen LogP contribution < -0.4 is 11.1 Å². The summed E-state index contributed by atoms with van der Waals surface area (Å²) in [6.45, 7) is 4.44. The van der Waals surface area contributed by atoms with E-state index in [1.807, 2.05) is 13.8 Å². The van der Waals surface area contributed by atoms with Crippen LogP contribution in [0.4, 0.5) is 5.69 Å². The molecule has 0 spiro atoms. The number of hydrogen-bond donors (Lipinski definition) is 2. The van der Waals surface area contributed by atoms with Gasteiger partial charge in [0.25, 0.3) is 0 Å². The van der Waals surface area contributed by atoms with Crippen molar-refractivity contribution in [3.63, 3.8) is 0 Å². The number of pyridine rings is 1. The number of nitrogens with one attached hydrogen (secondary N) is 1. The Hall–Kier alpha value is -0.510. The second-order valence-electron chi connectivity index (χ2n) is 3.21. The number of aryl methyl sites for hydroxylation is 1. The van der Waals surface area contributed by atoms with Crippen LogP contribution in [-0.2, 0) is 0 Å². The quantitative estimate of drug-likeness (QED) is 0.790. The number of nitrogens with two attached hydrogens (primary N) is 1. The Labute approximate surface area is 93.6 Å². The van der Waals surface area contributed by atoms with Crippen LogP contribution >= 0.6 is 23.2 Å². The lowest BCUT2D eigenvalue weighted by Gasteiger charge is -2.16. The molecule has 1 unspecified atom stereocenters. The minimum Gasteiger partial charge on any atom is -0.379 e. The zero-order valence-electron chi connectivity index (χ0n) is 8.14. The number of anilines is 1. The Kier molecular flexibility index (Phi) is 3.98. The molecule has 0 fully saturated rings. The topological polar surface area (TPSA) is 50.9 Å². The van der Waals surface area contributed by atoms with Crippen LogP contribution in [0.1, 0.15) is 12.5 Å². The Morgan fingerprint density at radius 1 is 1.57 bits per heavy atom. The summed E-state index contributed by atoms with van der Waals surface area (Å²) >= 11 is 11.7. The minimum absolute atomic E-state index is 0.161. The van der Waals surface area contributed by atoms with Gasteiger partial charge >= 0.3 is 0 Å². The summed E-state index contributed by atoms with van der Waals surface area (Å²) in [6.07, 6.45) is 0. The highest BCUT2D eigenvalue weighted by molar-refractivity contribution is 6.34. The summed E-state index contributed by atoms with van der Waals surface area (Å²) in [5.74, 6) is 0. The van der Waals surface area contributed by atoms with Crippen molar-refractivity contribution in [2.24, 2.45) is 5.73 Å². The maximum absolute atomic E-state index is 5.94. The van der Waals surface area contributed by atoms with Gasteiger partial charge in [0.2, 0.25) is 0 Å². The van der Waals surface area contributed by atoms with Crippen LogP contribution in [-0.4, -0.2) is 17.6 Å². The zero-order valence-corrected chi connectivity index (χ0v) is 9.65. The van der Waals surface area contributed by atoms with E-state index >= 15 is 0 Å². The highest BCUT2D eigenvalue weighted by atomic mass is 35.5. The summed E-state index contributed by atoms with van der Waals surface area (Å²) in [5.41, 5.74) is 7.27. The number of rotatable bonds is 3. The molecule has 0 radical (unpaired) electrons. The first-order chi connectivity index (χ1) is 6.54. The number of aromatic nitrogens is 1. The molecule has 3 N–H and O–H groups in total. The second-order valence-corrected chi connectivity index (χ2v) is 3.95. The molecule has 0 amide bonds. The zero-order chi connectivity index (χ0) is 10.7. The summed E-state index contributed by atoms with van der Waals surface area (Å²) < 4.78 is 0. The van der Waals surface area contributed by atoms with Crippen LogP contribution in [0, 0.1) is 6.92 Å². The van der Waals surface area contributed by atoms with E-state index < -0.39 is 0 Å². The van der Waals surface area contributed by atoms with E-state index in [-0.39, 0.29) is 6.04 Å². The van der Waals surface area contributed by atoms with Crippen molar-refractivity contribution < 1.29 is 0 Å². The lowest BCUT2D eigenvalue weighted by atomic mass is 10.2. The molecule has 0 bridgehead atoms. The first-order valence-electron chi connectivity index (χ1n) is 4.34. The van der Waals surface area contributed by atoms with Crippen molar-refractivity contribution in [3.8, 4) is 0 Å². The molecule has 0 aliphatic rings. The third kappa shape index (κ3) is 2.74. The minimum atomic E-state index is 0.161. The fraction of sp³-hybridized carbons (Fsp3) is 0.444. The van der Waals surface area contributed by atoms with Crippen LogP contribution in [0.2, 0.25) is 10.3 Å². The van der Waals surface area contributed by atoms with Crippen LogP contribution in [0.5, 0.6) is 0 Å². The van der Waals surface area contributed by atoms with Gasteiger partial charge in [0.05, 0.1) is 5.69 Å². The van der Waals surface area contributed by atoms with Crippen molar-refractivity contribution in [1.82, 2.24) is 4.98 Å². The summed E-state index contributed by atoms with van der Waals surface area (Å²) in [4.78, 5) is 3.95. The average Bonchev–Trinajstić information content (AvgIpc) is 2.10. The highest BCUT2D eigenvalue weighted by Gasteiger charge is 2.09. The van der Waals surface area contributed by atoms with Crippen LogP contribution in [0.3, 0.4) is 0 Å². The van der Waals surface area contributed by atoms with Gasteiger partial charge in [-0.25, -0.2) is 4.98 Å². The molecular weight excluding hydrogens is 221 g/mol. The summed E-state index contributed by atoms with van der Waals surface area (Å²) in [5, 5.41) is 3.96. The number of nitrogens with zero attached hydrogens (tertiary/aromatic N) is 1. The van der Waals surface area contributed by atoms with Gasteiger partial charge in [-0.1, -0.05) is 23.2 Å². The normalized spacial score (nSPS) is 12.6. The monoisotopic (exact) mass is 233 g/mol. The van der Waals surface area contributed by atoms with Gasteiger partial charge in [-0.05, 0) is 25.5 Å². The Morgan fingerprint density at radius 2 is 2.21 bits per heavy atom. The number of halogens is 2. The van der Waals surface area contributed by atoms with Gasteiger partial charge in [-0.2, -0.15) is 0 Å². The van der Waals surface area contributed by atoms with E-state index in [1.54, 1.807) is 6.07 Å². The largest absolute Gasteiger partial charge is 0.379 e. The number of hydrogen-bond acceptors (Lipinski definition) is 3. The Bertz CT molecular complexity index is 305. The molecule has 0 aliphatic carbocycles. The average molecular weight is 234 g/mol. The molecule has 5 heteroatoms. The van der Waals surface area contributed by atoms with Gasteiger partial charge in [-0.15, -0.1) is 0 Å². The molecule has 3 nitrogen and oxygen atoms in total. The maximum Gasteiger partial charge on any atom is 0.154 e. The molecule has 78 valence electrons. The molecule has 0 aromatic carbocycles. The Balaban J connectivity index is 2.96. The van der Waals surface area contributed by atoms with Crippen LogP contribution in [0.25, 0.3) is 0 Å². The van der Waals surface area contributed by atoms with E-state index in [9.17, 15) is 0 Å². The van der Waals surface area contributed by atoms with Crippen molar-refractivity contribution in [3.05, 3.63) is 21.9 Å².